The zero-order valence-electron chi connectivity index (χ0n) is 7.42. The lowest BCUT2D eigenvalue weighted by atomic mass is 9.60. The molecule has 2 nitrogen and oxygen atoms in total. The molecule has 1 rings (SSSR count). The first kappa shape index (κ1) is 8.57. The SMILES string of the molecule is C[C@@H](C(=O)O)C1CC(C)(C)C1. The third-order valence-corrected chi connectivity index (χ3v) is 2.73. The lowest BCUT2D eigenvalue weighted by Crippen LogP contribution is -2.38. The van der Waals surface area contributed by atoms with Crippen LogP contribution in [-0.4, -0.2) is 11.1 Å². The molecule has 0 heterocycles. The van der Waals surface area contributed by atoms with Crippen molar-refractivity contribution in [3.05, 3.63) is 0 Å². The van der Waals surface area contributed by atoms with Crippen molar-refractivity contribution < 1.29 is 9.90 Å². The molecule has 0 amide bonds. The summed E-state index contributed by atoms with van der Waals surface area (Å²) in [7, 11) is 0. The third-order valence-electron chi connectivity index (χ3n) is 2.73. The average molecular weight is 156 g/mol. The van der Waals surface area contributed by atoms with Gasteiger partial charge in [0.25, 0.3) is 0 Å². The van der Waals surface area contributed by atoms with E-state index in [1.165, 1.54) is 0 Å². The van der Waals surface area contributed by atoms with Gasteiger partial charge in [0.15, 0.2) is 0 Å². The van der Waals surface area contributed by atoms with Crippen LogP contribution in [0.4, 0.5) is 0 Å². The van der Waals surface area contributed by atoms with Crippen LogP contribution in [0.2, 0.25) is 0 Å². The number of carboxylic acids is 1. The van der Waals surface area contributed by atoms with Crippen LogP contribution in [0.5, 0.6) is 0 Å². The normalized spacial score (nSPS) is 25.7. The monoisotopic (exact) mass is 156 g/mol. The van der Waals surface area contributed by atoms with Crippen molar-refractivity contribution in [1.82, 2.24) is 0 Å². The van der Waals surface area contributed by atoms with Crippen molar-refractivity contribution in [2.45, 2.75) is 33.6 Å². The summed E-state index contributed by atoms with van der Waals surface area (Å²) in [6.07, 6.45) is 2.14. The fourth-order valence-corrected chi connectivity index (χ4v) is 1.91. The quantitative estimate of drug-likeness (QED) is 0.665. The van der Waals surface area contributed by atoms with Gasteiger partial charge in [-0.15, -0.1) is 0 Å². The van der Waals surface area contributed by atoms with Crippen molar-refractivity contribution >= 4 is 5.97 Å². The Hall–Kier alpha value is -0.530. The van der Waals surface area contributed by atoms with E-state index in [4.69, 9.17) is 5.11 Å². The highest BCUT2D eigenvalue weighted by Gasteiger charge is 2.40. The van der Waals surface area contributed by atoms with E-state index in [1.54, 1.807) is 0 Å². The van der Waals surface area contributed by atoms with E-state index in [9.17, 15) is 4.79 Å². The molecule has 0 bridgehead atoms. The molecule has 1 N–H and O–H groups in total. The summed E-state index contributed by atoms with van der Waals surface area (Å²) < 4.78 is 0. The molecule has 0 aromatic rings. The Morgan fingerprint density at radius 2 is 2.00 bits per heavy atom. The van der Waals surface area contributed by atoms with Crippen LogP contribution in [0.15, 0.2) is 0 Å². The van der Waals surface area contributed by atoms with Gasteiger partial charge < -0.3 is 5.11 Å². The standard InChI is InChI=1S/C9H16O2/c1-6(8(10)11)7-4-9(2,3)5-7/h6-7H,4-5H2,1-3H3,(H,10,11)/t6-/m1/s1. The van der Waals surface area contributed by atoms with Crippen LogP contribution < -0.4 is 0 Å². The lowest BCUT2D eigenvalue weighted by Gasteiger charge is -2.44. The fraction of sp³-hybridized carbons (Fsp3) is 0.889. The number of carboxylic acid groups (broad SMARTS) is 1. The van der Waals surface area contributed by atoms with Gasteiger partial charge >= 0.3 is 5.97 Å². The van der Waals surface area contributed by atoms with Crippen molar-refractivity contribution in [3.63, 3.8) is 0 Å². The van der Waals surface area contributed by atoms with Crippen molar-refractivity contribution in [2.75, 3.05) is 0 Å². The molecule has 1 aliphatic carbocycles. The second kappa shape index (κ2) is 2.50. The number of carbonyl (C=O) groups is 1. The predicted octanol–water partition coefficient (Wildman–Crippen LogP) is 2.14. The van der Waals surface area contributed by atoms with Crippen LogP contribution in [-0.2, 0) is 4.79 Å². The highest BCUT2D eigenvalue weighted by Crippen LogP contribution is 2.48. The summed E-state index contributed by atoms with van der Waals surface area (Å²) in [5.74, 6) is -0.379. The Kier molecular flexibility index (Phi) is 1.95. The van der Waals surface area contributed by atoms with E-state index in [0.29, 0.717) is 11.3 Å². The highest BCUT2D eigenvalue weighted by atomic mass is 16.4. The molecule has 0 spiro atoms. The van der Waals surface area contributed by atoms with Gasteiger partial charge in [0.2, 0.25) is 0 Å². The van der Waals surface area contributed by atoms with Gasteiger partial charge in [0.1, 0.15) is 0 Å². The Bertz CT molecular complexity index is 164. The predicted molar refractivity (Wildman–Crippen MR) is 43.3 cm³/mol. The zero-order chi connectivity index (χ0) is 8.65. The van der Waals surface area contributed by atoms with E-state index in [2.05, 4.69) is 13.8 Å². The van der Waals surface area contributed by atoms with Crippen molar-refractivity contribution in [3.8, 4) is 0 Å². The molecular weight excluding hydrogens is 140 g/mol. The highest BCUT2D eigenvalue weighted by molar-refractivity contribution is 5.70. The van der Waals surface area contributed by atoms with Crippen LogP contribution >= 0.6 is 0 Å². The van der Waals surface area contributed by atoms with Gasteiger partial charge in [-0.1, -0.05) is 20.8 Å². The minimum Gasteiger partial charge on any atom is -0.481 e. The summed E-state index contributed by atoms with van der Waals surface area (Å²) in [6.45, 7) is 6.19. The van der Waals surface area contributed by atoms with E-state index in [-0.39, 0.29) is 5.92 Å². The second-order valence-electron chi connectivity index (χ2n) is 4.46. The van der Waals surface area contributed by atoms with E-state index >= 15 is 0 Å². The maximum absolute atomic E-state index is 10.5. The van der Waals surface area contributed by atoms with Gasteiger partial charge in [-0.3, -0.25) is 4.79 Å². The molecule has 0 saturated heterocycles. The topological polar surface area (TPSA) is 37.3 Å². The third kappa shape index (κ3) is 1.73. The molecule has 0 aromatic carbocycles. The average Bonchev–Trinajstić information content (AvgIpc) is 1.80. The van der Waals surface area contributed by atoms with Gasteiger partial charge in [-0.05, 0) is 24.2 Å². The Morgan fingerprint density at radius 3 is 2.27 bits per heavy atom. The van der Waals surface area contributed by atoms with Gasteiger partial charge in [-0.25, -0.2) is 0 Å². The molecule has 11 heavy (non-hydrogen) atoms. The molecule has 1 fully saturated rings. The van der Waals surface area contributed by atoms with Gasteiger partial charge in [0, 0.05) is 0 Å². The first-order valence-corrected chi connectivity index (χ1v) is 4.15. The molecule has 0 aliphatic heterocycles. The van der Waals surface area contributed by atoms with Crippen LogP contribution in [0, 0.1) is 17.3 Å². The molecule has 64 valence electrons. The summed E-state index contributed by atoms with van der Waals surface area (Å²) in [4.78, 5) is 10.5. The molecule has 1 aliphatic rings. The van der Waals surface area contributed by atoms with Crippen LogP contribution in [0.1, 0.15) is 33.6 Å². The number of hydrogen-bond donors (Lipinski definition) is 1. The fourth-order valence-electron chi connectivity index (χ4n) is 1.91. The molecule has 0 unspecified atom stereocenters. The lowest BCUT2D eigenvalue weighted by molar-refractivity contribution is -0.145. The minimum absolute atomic E-state index is 0.150. The second-order valence-corrected chi connectivity index (χ2v) is 4.46. The molecule has 1 atom stereocenters. The first-order chi connectivity index (χ1) is 4.92. The Labute approximate surface area is 67.6 Å². The van der Waals surface area contributed by atoms with E-state index in [0.717, 1.165) is 12.8 Å². The zero-order valence-corrected chi connectivity index (χ0v) is 7.42. The van der Waals surface area contributed by atoms with Crippen LogP contribution in [0.25, 0.3) is 0 Å². The number of hydrogen-bond acceptors (Lipinski definition) is 1. The summed E-state index contributed by atoms with van der Waals surface area (Å²) in [6, 6.07) is 0. The van der Waals surface area contributed by atoms with Gasteiger partial charge in [0.05, 0.1) is 5.92 Å². The first-order valence-electron chi connectivity index (χ1n) is 4.15. The van der Waals surface area contributed by atoms with Crippen molar-refractivity contribution in [2.24, 2.45) is 17.3 Å². The van der Waals surface area contributed by atoms with E-state index < -0.39 is 5.97 Å². The molecule has 0 radical (unpaired) electrons. The molecule has 0 aromatic heterocycles. The van der Waals surface area contributed by atoms with E-state index in [1.807, 2.05) is 6.92 Å². The molecular formula is C9H16O2. The van der Waals surface area contributed by atoms with Crippen LogP contribution in [0.3, 0.4) is 0 Å². The number of aliphatic carboxylic acids is 1. The minimum atomic E-state index is -0.648. The summed E-state index contributed by atoms with van der Waals surface area (Å²) in [5.41, 5.74) is 0.397. The van der Waals surface area contributed by atoms with Crippen molar-refractivity contribution in [1.29, 1.82) is 0 Å². The Morgan fingerprint density at radius 1 is 1.55 bits per heavy atom. The maximum atomic E-state index is 10.5. The smallest absolute Gasteiger partial charge is 0.306 e. The summed E-state index contributed by atoms with van der Waals surface area (Å²) in [5, 5.41) is 8.69. The van der Waals surface area contributed by atoms with Gasteiger partial charge in [-0.2, -0.15) is 0 Å². The molecule has 1 saturated carbocycles. The summed E-state index contributed by atoms with van der Waals surface area (Å²) >= 11 is 0. The largest absolute Gasteiger partial charge is 0.481 e. The number of rotatable bonds is 2. The molecule has 2 heteroatoms. The Balaban J connectivity index is 2.38. The maximum Gasteiger partial charge on any atom is 0.306 e.